The van der Waals surface area contributed by atoms with Crippen LogP contribution in [-0.2, 0) is 0 Å². The fourth-order valence-electron chi connectivity index (χ4n) is 3.21. The lowest BCUT2D eigenvalue weighted by Crippen LogP contribution is -2.42. The molecule has 0 saturated carbocycles. The summed E-state index contributed by atoms with van der Waals surface area (Å²) in [5.74, 6) is 0.946. The molecule has 3 heteroatoms. The fraction of sp³-hybridized carbons (Fsp3) is 1.00. The molecule has 0 spiro atoms. The number of hydrogen-bond donors (Lipinski definition) is 1. The molecule has 3 nitrogen and oxygen atoms in total. The van der Waals surface area contributed by atoms with Gasteiger partial charge in [0, 0.05) is 19.1 Å². The maximum atomic E-state index is 3.64. The minimum Gasteiger partial charge on any atom is -0.313 e. The van der Waals surface area contributed by atoms with Crippen molar-refractivity contribution in [2.24, 2.45) is 5.92 Å². The van der Waals surface area contributed by atoms with Crippen LogP contribution < -0.4 is 5.32 Å². The number of nitrogens with zero attached hydrogens (tertiary/aromatic N) is 2. The van der Waals surface area contributed by atoms with Crippen molar-refractivity contribution >= 4 is 0 Å². The van der Waals surface area contributed by atoms with Crippen molar-refractivity contribution in [3.8, 4) is 0 Å². The molecule has 2 rings (SSSR count). The molecule has 2 saturated heterocycles. The van der Waals surface area contributed by atoms with Gasteiger partial charge in [-0.05, 0) is 65.3 Å². The van der Waals surface area contributed by atoms with E-state index in [2.05, 4.69) is 29.2 Å². The van der Waals surface area contributed by atoms with Crippen molar-refractivity contribution in [3.63, 3.8) is 0 Å². The molecule has 2 aliphatic heterocycles. The largest absolute Gasteiger partial charge is 0.313 e. The Morgan fingerprint density at radius 3 is 2.82 bits per heavy atom. The van der Waals surface area contributed by atoms with Gasteiger partial charge < -0.3 is 15.1 Å². The fourth-order valence-corrected chi connectivity index (χ4v) is 3.21. The van der Waals surface area contributed by atoms with Crippen LogP contribution in [0.4, 0.5) is 0 Å². The van der Waals surface area contributed by atoms with Crippen LogP contribution in [0.15, 0.2) is 0 Å². The Morgan fingerprint density at radius 1 is 1.29 bits per heavy atom. The summed E-state index contributed by atoms with van der Waals surface area (Å²) in [6.07, 6.45) is 6.95. The monoisotopic (exact) mass is 239 g/mol. The quantitative estimate of drug-likeness (QED) is 0.782. The van der Waals surface area contributed by atoms with Crippen molar-refractivity contribution in [2.75, 3.05) is 46.8 Å². The van der Waals surface area contributed by atoms with E-state index >= 15 is 0 Å². The molecule has 0 amide bonds. The van der Waals surface area contributed by atoms with Crippen LogP contribution in [0.2, 0.25) is 0 Å². The molecule has 2 atom stereocenters. The molecule has 0 radical (unpaired) electrons. The maximum Gasteiger partial charge on any atom is 0.0194 e. The van der Waals surface area contributed by atoms with Crippen molar-refractivity contribution in [3.05, 3.63) is 0 Å². The molecule has 2 fully saturated rings. The van der Waals surface area contributed by atoms with E-state index in [1.165, 1.54) is 64.8 Å². The highest BCUT2D eigenvalue weighted by Crippen LogP contribution is 2.18. The molecular formula is C14H29N3. The lowest BCUT2D eigenvalue weighted by molar-refractivity contribution is 0.246. The van der Waals surface area contributed by atoms with Gasteiger partial charge in [0.1, 0.15) is 0 Å². The van der Waals surface area contributed by atoms with Crippen molar-refractivity contribution in [1.82, 2.24) is 15.1 Å². The predicted octanol–water partition coefficient (Wildman–Crippen LogP) is 1.40. The smallest absolute Gasteiger partial charge is 0.0194 e. The molecule has 0 aromatic heterocycles. The third kappa shape index (κ3) is 4.57. The molecule has 0 aromatic carbocycles. The Labute approximate surface area is 107 Å². The zero-order valence-electron chi connectivity index (χ0n) is 11.6. The normalized spacial score (nSPS) is 31.2. The Balaban J connectivity index is 1.58. The molecule has 1 N–H and O–H groups in total. The van der Waals surface area contributed by atoms with Crippen molar-refractivity contribution in [2.45, 2.75) is 38.1 Å². The third-order valence-corrected chi connectivity index (χ3v) is 4.35. The molecule has 0 aromatic rings. The summed E-state index contributed by atoms with van der Waals surface area (Å²) >= 11 is 0. The maximum absolute atomic E-state index is 3.64. The molecule has 2 unspecified atom stereocenters. The Hall–Kier alpha value is -0.120. The van der Waals surface area contributed by atoms with E-state index in [4.69, 9.17) is 0 Å². The highest BCUT2D eigenvalue weighted by molar-refractivity contribution is 4.77. The second-order valence-electron chi connectivity index (χ2n) is 6.11. The van der Waals surface area contributed by atoms with E-state index in [-0.39, 0.29) is 0 Å². The van der Waals surface area contributed by atoms with Gasteiger partial charge in [0.15, 0.2) is 0 Å². The second-order valence-corrected chi connectivity index (χ2v) is 6.11. The highest BCUT2D eigenvalue weighted by Gasteiger charge is 2.20. The van der Waals surface area contributed by atoms with Crippen LogP contribution in [0.1, 0.15) is 32.1 Å². The number of likely N-dealkylation sites (N-methyl/N-ethyl adjacent to an activating group) is 1. The van der Waals surface area contributed by atoms with Gasteiger partial charge in [-0.1, -0.05) is 6.42 Å². The SMILES string of the molecule is CN1CCC(CCN(C)CC2CCCCN2)C1. The molecule has 0 bridgehead atoms. The molecule has 0 aliphatic carbocycles. The van der Waals surface area contributed by atoms with Crippen LogP contribution in [0.3, 0.4) is 0 Å². The van der Waals surface area contributed by atoms with Gasteiger partial charge in [-0.15, -0.1) is 0 Å². The molecule has 2 aliphatic rings. The van der Waals surface area contributed by atoms with E-state index in [9.17, 15) is 0 Å². The van der Waals surface area contributed by atoms with Gasteiger partial charge in [0.05, 0.1) is 0 Å². The average molecular weight is 239 g/mol. The number of nitrogens with one attached hydrogen (secondary N) is 1. The highest BCUT2D eigenvalue weighted by atomic mass is 15.1. The molecule has 2 heterocycles. The van der Waals surface area contributed by atoms with Gasteiger partial charge in [0.25, 0.3) is 0 Å². The van der Waals surface area contributed by atoms with E-state index in [0.717, 1.165) is 12.0 Å². The first-order valence-electron chi connectivity index (χ1n) is 7.34. The number of piperidine rings is 1. The van der Waals surface area contributed by atoms with E-state index < -0.39 is 0 Å². The number of hydrogen-bond acceptors (Lipinski definition) is 3. The van der Waals surface area contributed by atoms with Crippen molar-refractivity contribution in [1.29, 1.82) is 0 Å². The topological polar surface area (TPSA) is 18.5 Å². The first-order valence-corrected chi connectivity index (χ1v) is 7.34. The summed E-state index contributed by atoms with van der Waals surface area (Å²) in [6.45, 7) is 6.36. The van der Waals surface area contributed by atoms with E-state index in [1.54, 1.807) is 0 Å². The van der Waals surface area contributed by atoms with Crippen LogP contribution in [-0.4, -0.2) is 62.7 Å². The second kappa shape index (κ2) is 6.72. The van der Waals surface area contributed by atoms with Crippen LogP contribution in [0.5, 0.6) is 0 Å². The Bertz CT molecular complexity index is 214. The summed E-state index contributed by atoms with van der Waals surface area (Å²) in [6, 6.07) is 0.750. The van der Waals surface area contributed by atoms with Gasteiger partial charge >= 0.3 is 0 Å². The average Bonchev–Trinajstić information content (AvgIpc) is 2.74. The molecule has 100 valence electrons. The summed E-state index contributed by atoms with van der Waals surface area (Å²) in [7, 11) is 4.53. The Kier molecular flexibility index (Phi) is 5.26. The zero-order chi connectivity index (χ0) is 12.1. The Morgan fingerprint density at radius 2 is 2.18 bits per heavy atom. The van der Waals surface area contributed by atoms with Gasteiger partial charge in [0.2, 0.25) is 0 Å². The van der Waals surface area contributed by atoms with Gasteiger partial charge in [-0.25, -0.2) is 0 Å². The summed E-state index contributed by atoms with van der Waals surface area (Å²) in [5, 5.41) is 3.64. The van der Waals surface area contributed by atoms with Gasteiger partial charge in [-0.3, -0.25) is 0 Å². The first kappa shape index (κ1) is 13.3. The summed E-state index contributed by atoms with van der Waals surface area (Å²) in [5.41, 5.74) is 0. The van der Waals surface area contributed by atoms with Crippen molar-refractivity contribution < 1.29 is 0 Å². The lowest BCUT2D eigenvalue weighted by Gasteiger charge is -2.28. The van der Waals surface area contributed by atoms with Crippen LogP contribution in [0, 0.1) is 5.92 Å². The van der Waals surface area contributed by atoms with Gasteiger partial charge in [-0.2, -0.15) is 0 Å². The summed E-state index contributed by atoms with van der Waals surface area (Å²) < 4.78 is 0. The minimum atomic E-state index is 0.750. The number of rotatable bonds is 5. The molecule has 17 heavy (non-hydrogen) atoms. The van der Waals surface area contributed by atoms with E-state index in [0.29, 0.717) is 0 Å². The lowest BCUT2D eigenvalue weighted by atomic mass is 10.0. The third-order valence-electron chi connectivity index (χ3n) is 4.35. The molecular weight excluding hydrogens is 210 g/mol. The number of likely N-dealkylation sites (tertiary alicyclic amines) is 1. The van der Waals surface area contributed by atoms with Crippen LogP contribution in [0.25, 0.3) is 0 Å². The predicted molar refractivity (Wildman–Crippen MR) is 73.4 cm³/mol. The summed E-state index contributed by atoms with van der Waals surface area (Å²) in [4.78, 5) is 4.99. The first-order chi connectivity index (χ1) is 8.24. The standard InChI is InChI=1S/C14H29N3/c1-16-9-6-13(11-16)7-10-17(2)12-14-5-3-4-8-15-14/h13-15H,3-12H2,1-2H3. The minimum absolute atomic E-state index is 0.750. The van der Waals surface area contributed by atoms with E-state index in [1.807, 2.05) is 0 Å². The zero-order valence-corrected chi connectivity index (χ0v) is 11.6. The van der Waals surface area contributed by atoms with Crippen LogP contribution >= 0.6 is 0 Å².